The summed E-state index contributed by atoms with van der Waals surface area (Å²) in [5.41, 5.74) is 0.959. The van der Waals surface area contributed by atoms with Crippen LogP contribution in [0.1, 0.15) is 45.1 Å². The van der Waals surface area contributed by atoms with Gasteiger partial charge in [-0.1, -0.05) is 38.8 Å². The summed E-state index contributed by atoms with van der Waals surface area (Å²) in [7, 11) is 0. The summed E-state index contributed by atoms with van der Waals surface area (Å²) >= 11 is 2.30. The first kappa shape index (κ1) is 16.0. The lowest BCUT2D eigenvalue weighted by atomic mass is 9.86. The number of likely N-dealkylation sites (N-methyl/N-ethyl adjacent to an activating group) is 1. The fraction of sp³-hybridized carbons (Fsp3) is 0.588. The Bertz CT molecular complexity index is 445. The quantitative estimate of drug-likeness (QED) is 0.689. The maximum Gasteiger partial charge on any atom is 0.157 e. The van der Waals surface area contributed by atoms with Gasteiger partial charge in [0.15, 0.2) is 5.78 Å². The molecule has 1 saturated carbocycles. The number of halogens is 1. The van der Waals surface area contributed by atoms with E-state index in [2.05, 4.69) is 65.6 Å². The van der Waals surface area contributed by atoms with Crippen molar-refractivity contribution in [3.63, 3.8) is 0 Å². The van der Waals surface area contributed by atoms with Gasteiger partial charge in [-0.15, -0.1) is 0 Å². The summed E-state index contributed by atoms with van der Waals surface area (Å²) in [6, 6.07) is 8.35. The zero-order valence-corrected chi connectivity index (χ0v) is 14.7. The number of Topliss-reactive ketones (excluding diaryl/α,β-unsaturated/α-hetero) is 1. The Morgan fingerprint density at radius 2 is 1.70 bits per heavy atom. The third kappa shape index (κ3) is 3.25. The van der Waals surface area contributed by atoms with Crippen molar-refractivity contribution in [3.05, 3.63) is 33.4 Å². The smallest absolute Gasteiger partial charge is 0.157 e. The van der Waals surface area contributed by atoms with Crippen molar-refractivity contribution in [2.45, 2.75) is 51.5 Å². The van der Waals surface area contributed by atoms with Gasteiger partial charge in [-0.2, -0.15) is 0 Å². The molecule has 0 N–H and O–H groups in total. The molecule has 0 spiro atoms. The molecule has 0 amide bonds. The van der Waals surface area contributed by atoms with E-state index < -0.39 is 0 Å². The molecule has 1 aliphatic carbocycles. The van der Waals surface area contributed by atoms with E-state index in [0.717, 1.165) is 31.5 Å². The van der Waals surface area contributed by atoms with Crippen LogP contribution < -0.4 is 0 Å². The first-order valence-electron chi connectivity index (χ1n) is 7.65. The second-order valence-corrected chi connectivity index (χ2v) is 6.88. The zero-order chi connectivity index (χ0) is 14.6. The highest BCUT2D eigenvalue weighted by Crippen LogP contribution is 2.36. The molecule has 0 heterocycles. The SMILES string of the molecule is CCN(CC)C1(C(=O)Cc2ccc(I)cc2)CCCC1. The van der Waals surface area contributed by atoms with Gasteiger partial charge >= 0.3 is 0 Å². The van der Waals surface area contributed by atoms with E-state index in [0.29, 0.717) is 12.2 Å². The Hall–Kier alpha value is -0.420. The first-order valence-corrected chi connectivity index (χ1v) is 8.73. The summed E-state index contributed by atoms with van der Waals surface area (Å²) in [4.78, 5) is 15.3. The van der Waals surface area contributed by atoms with E-state index in [-0.39, 0.29) is 5.54 Å². The van der Waals surface area contributed by atoms with E-state index >= 15 is 0 Å². The molecule has 1 fully saturated rings. The predicted octanol–water partition coefficient (Wildman–Crippen LogP) is 4.06. The monoisotopic (exact) mass is 385 g/mol. The van der Waals surface area contributed by atoms with Crippen LogP contribution in [0.3, 0.4) is 0 Å². The molecule has 0 aliphatic heterocycles. The molecule has 1 aliphatic rings. The van der Waals surface area contributed by atoms with Crippen molar-refractivity contribution in [2.24, 2.45) is 0 Å². The van der Waals surface area contributed by atoms with Crippen LogP contribution in [0, 0.1) is 3.57 Å². The average molecular weight is 385 g/mol. The van der Waals surface area contributed by atoms with Crippen molar-refractivity contribution in [1.82, 2.24) is 4.90 Å². The molecular weight excluding hydrogens is 361 g/mol. The average Bonchev–Trinajstić information content (AvgIpc) is 2.93. The molecular formula is C17H24INO. The van der Waals surface area contributed by atoms with E-state index in [1.54, 1.807) is 0 Å². The molecule has 1 aromatic carbocycles. The van der Waals surface area contributed by atoms with Crippen LogP contribution in [0.2, 0.25) is 0 Å². The van der Waals surface area contributed by atoms with E-state index in [4.69, 9.17) is 0 Å². The molecule has 0 aromatic heterocycles. The maximum absolute atomic E-state index is 12.9. The minimum absolute atomic E-state index is 0.188. The second-order valence-electron chi connectivity index (χ2n) is 5.64. The molecule has 2 nitrogen and oxygen atoms in total. The largest absolute Gasteiger partial charge is 0.297 e. The number of hydrogen-bond acceptors (Lipinski definition) is 2. The van der Waals surface area contributed by atoms with E-state index in [1.165, 1.54) is 16.4 Å². The minimum Gasteiger partial charge on any atom is -0.297 e. The Kier molecular flexibility index (Phi) is 5.61. The van der Waals surface area contributed by atoms with Gasteiger partial charge in [0.25, 0.3) is 0 Å². The minimum atomic E-state index is -0.188. The highest BCUT2D eigenvalue weighted by molar-refractivity contribution is 14.1. The highest BCUT2D eigenvalue weighted by atomic mass is 127. The van der Waals surface area contributed by atoms with Crippen LogP contribution in [0.15, 0.2) is 24.3 Å². The van der Waals surface area contributed by atoms with Crippen LogP contribution >= 0.6 is 22.6 Å². The first-order chi connectivity index (χ1) is 9.62. The molecule has 1 aromatic rings. The Balaban J connectivity index is 2.17. The highest BCUT2D eigenvalue weighted by Gasteiger charge is 2.44. The number of hydrogen-bond donors (Lipinski definition) is 0. The number of carbonyl (C=O) groups is 1. The lowest BCUT2D eigenvalue weighted by molar-refractivity contribution is -0.130. The molecule has 0 unspecified atom stereocenters. The van der Waals surface area contributed by atoms with Crippen LogP contribution in [-0.2, 0) is 11.2 Å². The van der Waals surface area contributed by atoms with Crippen LogP contribution in [0.25, 0.3) is 0 Å². The maximum atomic E-state index is 12.9. The number of carbonyl (C=O) groups excluding carboxylic acids is 1. The fourth-order valence-electron chi connectivity index (χ4n) is 3.51. The van der Waals surface area contributed by atoms with Crippen molar-refractivity contribution >= 4 is 28.4 Å². The van der Waals surface area contributed by atoms with Crippen LogP contribution in [-0.4, -0.2) is 29.3 Å². The van der Waals surface area contributed by atoms with Gasteiger partial charge < -0.3 is 0 Å². The molecule has 3 heteroatoms. The fourth-order valence-corrected chi connectivity index (χ4v) is 3.87. The topological polar surface area (TPSA) is 20.3 Å². The molecule has 2 rings (SSSR count). The number of rotatable bonds is 6. The number of ketones is 1. The van der Waals surface area contributed by atoms with Gasteiger partial charge in [-0.3, -0.25) is 9.69 Å². The van der Waals surface area contributed by atoms with Gasteiger partial charge in [0.2, 0.25) is 0 Å². The van der Waals surface area contributed by atoms with Crippen LogP contribution in [0.5, 0.6) is 0 Å². The number of nitrogens with zero attached hydrogens (tertiary/aromatic N) is 1. The molecule has 0 saturated heterocycles. The van der Waals surface area contributed by atoms with Gasteiger partial charge in [-0.05, 0) is 66.2 Å². The number of benzene rings is 1. The summed E-state index contributed by atoms with van der Waals surface area (Å²) < 4.78 is 1.22. The standard InChI is InChI=1S/C17H24INO/c1-3-19(4-2)17(11-5-6-12-17)16(20)13-14-7-9-15(18)10-8-14/h7-10H,3-6,11-13H2,1-2H3. The molecule has 0 radical (unpaired) electrons. The normalized spacial score (nSPS) is 17.6. The molecule has 0 atom stereocenters. The zero-order valence-electron chi connectivity index (χ0n) is 12.5. The molecule has 20 heavy (non-hydrogen) atoms. The van der Waals surface area contributed by atoms with Crippen molar-refractivity contribution in [2.75, 3.05) is 13.1 Å². The summed E-state index contributed by atoms with van der Waals surface area (Å²) in [5.74, 6) is 0.417. The Morgan fingerprint density at radius 3 is 2.20 bits per heavy atom. The van der Waals surface area contributed by atoms with Crippen LogP contribution in [0.4, 0.5) is 0 Å². The lowest BCUT2D eigenvalue weighted by Gasteiger charge is -2.39. The summed E-state index contributed by atoms with van der Waals surface area (Å²) in [6.07, 6.45) is 5.03. The van der Waals surface area contributed by atoms with Gasteiger partial charge in [-0.25, -0.2) is 0 Å². The summed E-state index contributed by atoms with van der Waals surface area (Å²) in [6.45, 7) is 6.27. The molecule has 0 bridgehead atoms. The van der Waals surface area contributed by atoms with Crippen molar-refractivity contribution < 1.29 is 4.79 Å². The van der Waals surface area contributed by atoms with Crippen molar-refractivity contribution in [3.8, 4) is 0 Å². The lowest BCUT2D eigenvalue weighted by Crippen LogP contribution is -2.53. The Labute approximate surface area is 136 Å². The van der Waals surface area contributed by atoms with Gasteiger partial charge in [0, 0.05) is 9.99 Å². The van der Waals surface area contributed by atoms with E-state index in [1.807, 2.05) is 0 Å². The predicted molar refractivity (Wildman–Crippen MR) is 92.0 cm³/mol. The Morgan fingerprint density at radius 1 is 1.15 bits per heavy atom. The molecule has 110 valence electrons. The van der Waals surface area contributed by atoms with E-state index in [9.17, 15) is 4.79 Å². The summed E-state index contributed by atoms with van der Waals surface area (Å²) in [5, 5.41) is 0. The van der Waals surface area contributed by atoms with Gasteiger partial charge in [0.05, 0.1) is 5.54 Å². The van der Waals surface area contributed by atoms with Gasteiger partial charge in [0.1, 0.15) is 0 Å². The third-order valence-electron chi connectivity index (χ3n) is 4.60. The second kappa shape index (κ2) is 7.03. The van der Waals surface area contributed by atoms with Crippen molar-refractivity contribution in [1.29, 1.82) is 0 Å². The third-order valence-corrected chi connectivity index (χ3v) is 5.32.